The average molecular weight is 230 g/mol. The molecule has 1 aliphatic rings. The molecule has 0 radical (unpaired) electrons. The molecule has 1 heterocycles. The zero-order chi connectivity index (χ0) is 12.0. The van der Waals surface area contributed by atoms with Gasteiger partial charge in [0.15, 0.2) is 5.58 Å². The van der Waals surface area contributed by atoms with Crippen molar-refractivity contribution in [3.8, 4) is 0 Å². The van der Waals surface area contributed by atoms with Crippen LogP contribution in [0, 0.1) is 19.8 Å². The molecular weight excluding hydrogens is 212 g/mol. The van der Waals surface area contributed by atoms with Crippen molar-refractivity contribution in [2.24, 2.45) is 11.7 Å². The van der Waals surface area contributed by atoms with Crippen LogP contribution in [-0.2, 0) is 0 Å². The van der Waals surface area contributed by atoms with Gasteiger partial charge in [0.05, 0.1) is 6.04 Å². The largest absolute Gasteiger partial charge is 0.439 e. The monoisotopic (exact) mass is 230 g/mol. The second-order valence-corrected chi connectivity index (χ2v) is 5.27. The van der Waals surface area contributed by atoms with Crippen molar-refractivity contribution >= 4 is 11.1 Å². The van der Waals surface area contributed by atoms with E-state index in [2.05, 4.69) is 31.0 Å². The molecule has 0 aliphatic heterocycles. The summed E-state index contributed by atoms with van der Waals surface area (Å²) in [6.45, 7) is 4.13. The fourth-order valence-electron chi connectivity index (χ4n) is 2.37. The zero-order valence-corrected chi connectivity index (χ0v) is 10.4. The van der Waals surface area contributed by atoms with Crippen molar-refractivity contribution in [3.05, 3.63) is 29.2 Å². The van der Waals surface area contributed by atoms with Gasteiger partial charge in [-0.1, -0.05) is 18.9 Å². The Hall–Kier alpha value is -1.35. The van der Waals surface area contributed by atoms with Crippen LogP contribution in [0.4, 0.5) is 0 Å². The van der Waals surface area contributed by atoms with Gasteiger partial charge in [-0.3, -0.25) is 0 Å². The summed E-state index contributed by atoms with van der Waals surface area (Å²) in [6, 6.07) is 4.12. The molecule has 0 spiro atoms. The molecule has 3 rings (SSSR count). The second-order valence-electron chi connectivity index (χ2n) is 5.27. The lowest BCUT2D eigenvalue weighted by molar-refractivity contribution is 0.444. The molecule has 0 amide bonds. The van der Waals surface area contributed by atoms with Crippen LogP contribution in [0.5, 0.6) is 0 Å². The molecule has 1 aromatic carbocycles. The summed E-state index contributed by atoms with van der Waals surface area (Å²) in [4.78, 5) is 4.52. The molecule has 2 aromatic rings. The summed E-state index contributed by atoms with van der Waals surface area (Å²) in [5.74, 6) is 1.49. The van der Waals surface area contributed by atoms with E-state index in [-0.39, 0.29) is 6.04 Å². The number of hydrogen-bond acceptors (Lipinski definition) is 3. The lowest BCUT2D eigenvalue weighted by atomic mass is 10.1. The van der Waals surface area contributed by atoms with Gasteiger partial charge in [-0.2, -0.15) is 0 Å². The van der Waals surface area contributed by atoms with Crippen LogP contribution in [0.3, 0.4) is 0 Å². The van der Waals surface area contributed by atoms with Crippen LogP contribution in [0.2, 0.25) is 0 Å². The molecule has 0 saturated heterocycles. The Balaban J connectivity index is 1.97. The summed E-state index contributed by atoms with van der Waals surface area (Å²) in [5.41, 5.74) is 10.3. The normalized spacial score (nSPS) is 17.6. The fraction of sp³-hybridized carbons (Fsp3) is 0.500. The molecule has 1 aromatic heterocycles. The van der Waals surface area contributed by atoms with Crippen LogP contribution in [0.15, 0.2) is 16.5 Å². The maximum atomic E-state index is 6.13. The van der Waals surface area contributed by atoms with Crippen molar-refractivity contribution in [1.82, 2.24) is 4.98 Å². The number of aryl methyl sites for hydroxylation is 2. The topological polar surface area (TPSA) is 52.0 Å². The number of rotatable bonds is 3. The standard InChI is InChI=1S/C14H18N2O/c1-8-5-9(2)13-12(6-8)16-14(17-13)11(15)7-10-3-4-10/h5-6,10-11H,3-4,7,15H2,1-2H3. The van der Waals surface area contributed by atoms with Crippen molar-refractivity contribution < 1.29 is 4.42 Å². The van der Waals surface area contributed by atoms with Gasteiger partial charge in [0.1, 0.15) is 5.52 Å². The molecule has 2 N–H and O–H groups in total. The van der Waals surface area contributed by atoms with Gasteiger partial charge in [-0.25, -0.2) is 4.98 Å². The van der Waals surface area contributed by atoms with Crippen LogP contribution in [0.25, 0.3) is 11.1 Å². The third-order valence-electron chi connectivity index (χ3n) is 3.44. The summed E-state index contributed by atoms with van der Waals surface area (Å²) < 4.78 is 5.81. The zero-order valence-electron chi connectivity index (χ0n) is 10.4. The van der Waals surface area contributed by atoms with E-state index in [0.717, 1.165) is 29.0 Å². The van der Waals surface area contributed by atoms with Gasteiger partial charge in [-0.05, 0) is 43.4 Å². The highest BCUT2D eigenvalue weighted by Gasteiger charge is 2.26. The Kier molecular flexibility index (Phi) is 2.44. The summed E-state index contributed by atoms with van der Waals surface area (Å²) in [6.07, 6.45) is 3.63. The first kappa shape index (κ1) is 10.8. The van der Waals surface area contributed by atoms with Crippen molar-refractivity contribution in [1.29, 1.82) is 0 Å². The minimum Gasteiger partial charge on any atom is -0.439 e. The number of aromatic nitrogens is 1. The van der Waals surface area contributed by atoms with Gasteiger partial charge >= 0.3 is 0 Å². The Bertz CT molecular complexity index is 555. The molecule has 1 aliphatic carbocycles. The quantitative estimate of drug-likeness (QED) is 0.880. The number of nitrogens with zero attached hydrogens (tertiary/aromatic N) is 1. The SMILES string of the molecule is Cc1cc(C)c2oc(C(N)CC3CC3)nc2c1. The Morgan fingerprint density at radius 2 is 2.18 bits per heavy atom. The molecule has 90 valence electrons. The van der Waals surface area contributed by atoms with Gasteiger partial charge in [0.25, 0.3) is 0 Å². The molecule has 3 heteroatoms. The maximum Gasteiger partial charge on any atom is 0.212 e. The molecule has 1 fully saturated rings. The van der Waals surface area contributed by atoms with Crippen molar-refractivity contribution in [2.75, 3.05) is 0 Å². The van der Waals surface area contributed by atoms with E-state index < -0.39 is 0 Å². The number of benzene rings is 1. The Labute approximate surface area is 101 Å². The second kappa shape index (κ2) is 3.84. The highest BCUT2D eigenvalue weighted by Crippen LogP contribution is 2.37. The first-order chi connectivity index (χ1) is 8.13. The van der Waals surface area contributed by atoms with Gasteiger partial charge in [0, 0.05) is 0 Å². The molecule has 1 atom stereocenters. The molecule has 1 unspecified atom stereocenters. The number of nitrogens with two attached hydrogens (primary N) is 1. The van der Waals surface area contributed by atoms with E-state index >= 15 is 0 Å². The summed E-state index contributed by atoms with van der Waals surface area (Å²) >= 11 is 0. The predicted molar refractivity (Wildman–Crippen MR) is 67.8 cm³/mol. The van der Waals surface area contributed by atoms with E-state index in [9.17, 15) is 0 Å². The van der Waals surface area contributed by atoms with Crippen molar-refractivity contribution in [2.45, 2.75) is 39.2 Å². The smallest absolute Gasteiger partial charge is 0.212 e. The highest BCUT2D eigenvalue weighted by molar-refractivity contribution is 5.77. The Morgan fingerprint density at radius 3 is 2.88 bits per heavy atom. The van der Waals surface area contributed by atoms with E-state index in [0.29, 0.717) is 5.89 Å². The third-order valence-corrected chi connectivity index (χ3v) is 3.44. The third kappa shape index (κ3) is 2.07. The number of oxazole rings is 1. The molecule has 0 bridgehead atoms. The van der Waals surface area contributed by atoms with Gasteiger partial charge in [-0.15, -0.1) is 0 Å². The lowest BCUT2D eigenvalue weighted by Gasteiger charge is -2.04. The van der Waals surface area contributed by atoms with Gasteiger partial charge < -0.3 is 10.2 Å². The van der Waals surface area contributed by atoms with Crippen LogP contribution in [0.1, 0.15) is 42.3 Å². The van der Waals surface area contributed by atoms with Gasteiger partial charge in [0.2, 0.25) is 5.89 Å². The lowest BCUT2D eigenvalue weighted by Crippen LogP contribution is -2.11. The van der Waals surface area contributed by atoms with E-state index in [1.54, 1.807) is 0 Å². The summed E-state index contributed by atoms with van der Waals surface area (Å²) in [5, 5.41) is 0. The fourth-order valence-corrected chi connectivity index (χ4v) is 2.37. The first-order valence-corrected chi connectivity index (χ1v) is 6.27. The molecular formula is C14H18N2O. The van der Waals surface area contributed by atoms with Crippen LogP contribution < -0.4 is 5.73 Å². The predicted octanol–water partition coefficient (Wildman–Crippen LogP) is 3.24. The van der Waals surface area contributed by atoms with E-state index in [4.69, 9.17) is 10.2 Å². The molecule has 17 heavy (non-hydrogen) atoms. The maximum absolute atomic E-state index is 6.13. The van der Waals surface area contributed by atoms with Crippen molar-refractivity contribution in [3.63, 3.8) is 0 Å². The van der Waals surface area contributed by atoms with E-state index in [1.807, 2.05) is 0 Å². The first-order valence-electron chi connectivity index (χ1n) is 6.27. The molecule has 3 nitrogen and oxygen atoms in total. The minimum atomic E-state index is -0.0467. The van der Waals surface area contributed by atoms with Crippen LogP contribution in [-0.4, -0.2) is 4.98 Å². The average Bonchev–Trinajstić information content (AvgIpc) is 2.94. The Morgan fingerprint density at radius 1 is 1.41 bits per heavy atom. The minimum absolute atomic E-state index is 0.0467. The van der Waals surface area contributed by atoms with E-state index in [1.165, 1.54) is 18.4 Å². The summed E-state index contributed by atoms with van der Waals surface area (Å²) in [7, 11) is 0. The van der Waals surface area contributed by atoms with Crippen LogP contribution >= 0.6 is 0 Å². The highest BCUT2D eigenvalue weighted by atomic mass is 16.3. The molecule has 1 saturated carbocycles. The number of fused-ring (bicyclic) bond motifs is 1. The number of hydrogen-bond donors (Lipinski definition) is 1.